The van der Waals surface area contributed by atoms with Gasteiger partial charge in [-0.25, -0.2) is 0 Å². The monoisotopic (exact) mass is 336 g/mol. The van der Waals surface area contributed by atoms with E-state index in [2.05, 4.69) is 5.32 Å². The van der Waals surface area contributed by atoms with Gasteiger partial charge in [-0.15, -0.1) is 0 Å². The van der Waals surface area contributed by atoms with Gasteiger partial charge in [0.25, 0.3) is 0 Å². The van der Waals surface area contributed by atoms with Crippen molar-refractivity contribution < 1.29 is 4.79 Å². The number of aryl methyl sites for hydroxylation is 1. The molecular weight excluding hydrogens is 319 g/mol. The van der Waals surface area contributed by atoms with E-state index in [0.717, 1.165) is 26.9 Å². The molecule has 2 heterocycles. The minimum absolute atomic E-state index is 0.00726. The van der Waals surface area contributed by atoms with Gasteiger partial charge in [-0.05, 0) is 0 Å². The number of nitrogens with two attached hydrogens (primary N) is 1. The summed E-state index contributed by atoms with van der Waals surface area (Å²) in [7, 11) is 0. The van der Waals surface area contributed by atoms with E-state index in [-0.39, 0.29) is 20.4 Å². The number of nitrogen functional groups attached to an aromatic ring is 1. The summed E-state index contributed by atoms with van der Waals surface area (Å²) in [6.45, 7) is 5.85. The molecule has 1 aromatic carbocycles. The van der Waals surface area contributed by atoms with E-state index in [1.807, 2.05) is 39.0 Å². The predicted molar refractivity (Wildman–Crippen MR) is 79.2 cm³/mol. The molecule has 0 saturated carbocycles. The van der Waals surface area contributed by atoms with E-state index in [4.69, 9.17) is 11.3 Å². The van der Waals surface area contributed by atoms with Crippen LogP contribution in [0.5, 0.6) is 0 Å². The summed E-state index contributed by atoms with van der Waals surface area (Å²) in [5, 5.41) is 10.7. The third kappa shape index (κ3) is 1.68. The van der Waals surface area contributed by atoms with Gasteiger partial charge >= 0.3 is 122 Å². The Hall–Kier alpha value is -1.78. The van der Waals surface area contributed by atoms with Gasteiger partial charge in [0, 0.05) is 0 Å². The van der Waals surface area contributed by atoms with E-state index < -0.39 is 5.41 Å². The number of nitrogens with zero attached hydrogens (tertiary/aromatic N) is 1. The first-order chi connectivity index (χ1) is 9.32. The molecule has 20 heavy (non-hydrogen) atoms. The maximum atomic E-state index is 12.0. The summed E-state index contributed by atoms with van der Waals surface area (Å²) in [5.74, 6) is 5.99. The predicted octanol–water partition coefficient (Wildman–Crippen LogP) is 0.943. The maximum absolute atomic E-state index is 12.0. The summed E-state index contributed by atoms with van der Waals surface area (Å²) in [4.78, 5) is 12.0. The van der Waals surface area contributed by atoms with Gasteiger partial charge < -0.3 is 0 Å². The number of fused-ring (bicyclic) bond motifs is 1. The van der Waals surface area contributed by atoms with Crippen molar-refractivity contribution in [1.82, 2.24) is 4.68 Å². The summed E-state index contributed by atoms with van der Waals surface area (Å²) in [5.41, 5.74) is 3.19. The van der Waals surface area contributed by atoms with Gasteiger partial charge in [0.05, 0.1) is 0 Å². The average Bonchev–Trinajstić information content (AvgIpc) is 2.75. The molecule has 5 nitrogen and oxygen atoms in total. The number of aromatic nitrogens is 1. The Kier molecular flexibility index (Phi) is 2.71. The van der Waals surface area contributed by atoms with Crippen LogP contribution in [0, 0.1) is 12.3 Å². The van der Waals surface area contributed by atoms with Crippen molar-refractivity contribution in [3.8, 4) is 11.3 Å². The van der Waals surface area contributed by atoms with Gasteiger partial charge in [0.15, 0.2) is 0 Å². The molecule has 0 bridgehead atoms. The standard InChI is InChI=1S/C14H16N4OSe/c1-7-11(18(16)13(15)20-7)8-4-5-10-9(6-8)14(2,3)12(19)17-10/h4-6,15H,16H2,1-3H3,(H,17,19). The van der Waals surface area contributed by atoms with Crippen molar-refractivity contribution in [2.24, 2.45) is 0 Å². The van der Waals surface area contributed by atoms with Crippen molar-refractivity contribution in [2.45, 2.75) is 26.2 Å². The Labute approximate surface area is 122 Å². The first-order valence-electron chi connectivity index (χ1n) is 6.31. The van der Waals surface area contributed by atoms with Gasteiger partial charge in [-0.2, -0.15) is 0 Å². The third-order valence-electron chi connectivity index (χ3n) is 3.83. The number of carbonyl (C=O) groups is 1. The summed E-state index contributed by atoms with van der Waals surface area (Å²) in [6.07, 6.45) is 0. The zero-order valence-electron chi connectivity index (χ0n) is 11.6. The third-order valence-corrected chi connectivity index (χ3v) is 5.69. The molecular formula is C14H16N4OSe. The molecule has 0 saturated heterocycles. The fraction of sp³-hybridized carbons (Fsp3) is 0.286. The molecule has 0 fully saturated rings. The number of benzene rings is 1. The molecule has 0 aliphatic carbocycles. The molecule has 2 aromatic rings. The Morgan fingerprint density at radius 1 is 1.40 bits per heavy atom. The van der Waals surface area contributed by atoms with Crippen molar-refractivity contribution in [3.63, 3.8) is 0 Å². The second kappa shape index (κ2) is 4.10. The fourth-order valence-electron chi connectivity index (χ4n) is 2.57. The normalized spacial score (nSPS) is 16.1. The second-order valence-corrected chi connectivity index (χ2v) is 8.05. The zero-order chi connectivity index (χ0) is 14.7. The van der Waals surface area contributed by atoms with Crippen molar-refractivity contribution >= 4 is 26.1 Å². The molecule has 104 valence electrons. The fourth-order valence-corrected chi connectivity index (χ4v) is 4.24. The number of carbonyl (C=O) groups excluding carboxylic acids is 1. The minimum atomic E-state index is -0.531. The molecule has 1 aliphatic heterocycles. The molecule has 0 atom stereocenters. The Balaban J connectivity index is 2.22. The van der Waals surface area contributed by atoms with Crippen LogP contribution in [0.2, 0.25) is 0 Å². The molecule has 0 radical (unpaired) electrons. The summed E-state index contributed by atoms with van der Waals surface area (Å²) in [6, 6.07) is 5.88. The van der Waals surface area contributed by atoms with Crippen LogP contribution in [-0.4, -0.2) is 25.1 Å². The van der Waals surface area contributed by atoms with Crippen LogP contribution in [0.3, 0.4) is 0 Å². The second-order valence-electron chi connectivity index (χ2n) is 5.52. The topological polar surface area (TPSA) is 83.9 Å². The SMILES string of the molecule is Cc1[se]c(=N)n(N)c1-c1ccc2c(c1)C(C)(C)C(=O)N2. The van der Waals surface area contributed by atoms with E-state index in [9.17, 15) is 4.79 Å². The first kappa shape index (κ1) is 13.2. The van der Waals surface area contributed by atoms with Gasteiger partial charge in [0.2, 0.25) is 0 Å². The number of amides is 1. The van der Waals surface area contributed by atoms with Crippen LogP contribution in [0.25, 0.3) is 11.3 Å². The molecule has 3 rings (SSSR count). The number of hydrogen-bond donors (Lipinski definition) is 3. The van der Waals surface area contributed by atoms with Crippen LogP contribution in [0.1, 0.15) is 23.8 Å². The van der Waals surface area contributed by atoms with Crippen LogP contribution in [0.15, 0.2) is 18.2 Å². The molecule has 4 N–H and O–H groups in total. The Bertz CT molecular complexity index is 785. The van der Waals surface area contributed by atoms with E-state index in [1.165, 1.54) is 4.68 Å². The van der Waals surface area contributed by atoms with E-state index in [0.29, 0.717) is 4.36 Å². The van der Waals surface area contributed by atoms with E-state index >= 15 is 0 Å². The number of anilines is 1. The van der Waals surface area contributed by atoms with Gasteiger partial charge in [-0.3, -0.25) is 0 Å². The molecule has 0 unspecified atom stereocenters. The zero-order valence-corrected chi connectivity index (χ0v) is 13.3. The quantitative estimate of drug-likeness (QED) is 0.535. The summed E-state index contributed by atoms with van der Waals surface area (Å²) < 4.78 is 3.05. The van der Waals surface area contributed by atoms with Gasteiger partial charge in [0.1, 0.15) is 0 Å². The van der Waals surface area contributed by atoms with Crippen molar-refractivity contribution in [3.05, 3.63) is 32.6 Å². The van der Waals surface area contributed by atoms with Crippen LogP contribution in [-0.2, 0) is 10.2 Å². The van der Waals surface area contributed by atoms with Crippen LogP contribution < -0.4 is 15.5 Å². The Morgan fingerprint density at radius 3 is 2.70 bits per heavy atom. The molecule has 1 aromatic heterocycles. The van der Waals surface area contributed by atoms with Crippen molar-refractivity contribution in [1.29, 1.82) is 5.41 Å². The molecule has 0 spiro atoms. The van der Waals surface area contributed by atoms with Gasteiger partial charge in [-0.1, -0.05) is 0 Å². The average molecular weight is 335 g/mol. The number of rotatable bonds is 1. The Morgan fingerprint density at radius 2 is 2.10 bits per heavy atom. The first-order valence-corrected chi connectivity index (χ1v) is 8.02. The number of hydrogen-bond acceptors (Lipinski definition) is 3. The van der Waals surface area contributed by atoms with Crippen molar-refractivity contribution in [2.75, 3.05) is 11.2 Å². The molecule has 1 amide bonds. The van der Waals surface area contributed by atoms with Crippen LogP contribution >= 0.6 is 0 Å². The van der Waals surface area contributed by atoms with Crippen LogP contribution in [0.4, 0.5) is 5.69 Å². The molecule has 1 aliphatic rings. The number of nitrogens with one attached hydrogen (secondary N) is 2. The molecule has 6 heteroatoms. The summed E-state index contributed by atoms with van der Waals surface area (Å²) >= 11 is -0.00726. The van der Waals surface area contributed by atoms with E-state index in [1.54, 1.807) is 0 Å².